The number of anilines is 1. The van der Waals surface area contributed by atoms with Crippen molar-refractivity contribution in [3.63, 3.8) is 0 Å². The van der Waals surface area contributed by atoms with Crippen LogP contribution in [0.15, 0.2) is 22.7 Å². The highest BCUT2D eigenvalue weighted by atomic mass is 79.9. The van der Waals surface area contributed by atoms with Gasteiger partial charge in [0.15, 0.2) is 6.61 Å². The number of rotatable bonds is 4. The van der Waals surface area contributed by atoms with Crippen molar-refractivity contribution < 1.29 is 23.9 Å². The van der Waals surface area contributed by atoms with Gasteiger partial charge in [0, 0.05) is 10.4 Å². The fourth-order valence-corrected chi connectivity index (χ4v) is 5.06. The van der Waals surface area contributed by atoms with Gasteiger partial charge in [-0.05, 0) is 37.0 Å². The maximum atomic E-state index is 12.4. The van der Waals surface area contributed by atoms with Crippen LogP contribution in [-0.2, 0) is 23.9 Å². The van der Waals surface area contributed by atoms with Crippen LogP contribution >= 0.6 is 27.5 Å². The zero-order valence-corrected chi connectivity index (χ0v) is 15.4. The van der Waals surface area contributed by atoms with Gasteiger partial charge >= 0.3 is 11.9 Å². The number of esters is 2. The van der Waals surface area contributed by atoms with E-state index in [2.05, 4.69) is 21.2 Å². The number of fused-ring (bicyclic) bond motifs is 1. The minimum absolute atomic E-state index is 0.0330. The number of halogens is 2. The van der Waals surface area contributed by atoms with Gasteiger partial charge in [-0.2, -0.15) is 0 Å². The van der Waals surface area contributed by atoms with Crippen molar-refractivity contribution >= 4 is 51.1 Å². The molecule has 132 valence electrons. The van der Waals surface area contributed by atoms with Crippen LogP contribution in [0.1, 0.15) is 12.8 Å². The summed E-state index contributed by atoms with van der Waals surface area (Å²) in [6, 6.07) is 5.04. The summed E-state index contributed by atoms with van der Waals surface area (Å²) in [5.41, 5.74) is 0.438. The normalized spacial score (nSPS) is 31.8. The van der Waals surface area contributed by atoms with E-state index in [1.54, 1.807) is 18.2 Å². The first-order valence-corrected chi connectivity index (χ1v) is 9.23. The van der Waals surface area contributed by atoms with E-state index in [9.17, 15) is 14.4 Å². The second kappa shape index (κ2) is 6.29. The van der Waals surface area contributed by atoms with Crippen molar-refractivity contribution in [3.8, 4) is 0 Å². The van der Waals surface area contributed by atoms with Gasteiger partial charge in [-0.15, -0.1) is 0 Å². The van der Waals surface area contributed by atoms with Crippen molar-refractivity contribution in [3.05, 3.63) is 27.7 Å². The van der Waals surface area contributed by atoms with Crippen LogP contribution in [0, 0.1) is 23.7 Å². The Hall–Kier alpha value is -1.60. The first kappa shape index (κ1) is 16.8. The molecule has 1 aromatic carbocycles. The Labute approximate surface area is 157 Å². The summed E-state index contributed by atoms with van der Waals surface area (Å²) >= 11 is 9.32. The van der Waals surface area contributed by atoms with Crippen molar-refractivity contribution in [2.45, 2.75) is 18.9 Å². The molecule has 1 N–H and O–H groups in total. The third kappa shape index (κ3) is 2.93. The van der Waals surface area contributed by atoms with Crippen molar-refractivity contribution in [1.29, 1.82) is 0 Å². The molecule has 4 rings (SSSR count). The quantitative estimate of drug-likeness (QED) is 0.746. The Morgan fingerprint density at radius 1 is 1.36 bits per heavy atom. The molecule has 1 aromatic rings. The largest absolute Gasteiger partial charge is 0.462 e. The van der Waals surface area contributed by atoms with E-state index in [0.717, 1.165) is 10.9 Å². The lowest BCUT2D eigenvalue weighted by Gasteiger charge is -2.22. The Bertz CT molecular complexity index is 767. The van der Waals surface area contributed by atoms with Crippen LogP contribution in [0.3, 0.4) is 0 Å². The smallest absolute Gasteiger partial charge is 0.310 e. The number of hydrogen-bond donors (Lipinski definition) is 1. The van der Waals surface area contributed by atoms with Gasteiger partial charge in [0.25, 0.3) is 5.91 Å². The summed E-state index contributed by atoms with van der Waals surface area (Å²) in [6.07, 6.45) is 1.50. The Kier molecular flexibility index (Phi) is 4.24. The number of carbonyl (C=O) groups is 3. The molecule has 1 aliphatic heterocycles. The summed E-state index contributed by atoms with van der Waals surface area (Å²) in [5.74, 6) is -1.92. The van der Waals surface area contributed by atoms with Crippen molar-refractivity contribution in [1.82, 2.24) is 0 Å². The van der Waals surface area contributed by atoms with Crippen LogP contribution < -0.4 is 5.32 Å². The molecule has 1 heterocycles. The van der Waals surface area contributed by atoms with E-state index in [-0.39, 0.29) is 23.9 Å². The number of amides is 1. The van der Waals surface area contributed by atoms with Crippen LogP contribution in [0.2, 0.25) is 5.02 Å². The molecule has 1 saturated heterocycles. The lowest BCUT2D eigenvalue weighted by Crippen LogP contribution is -2.34. The standard InChI is InChI=1S/C17H15BrClNO5/c18-8-1-2-11(10(19)5-8)20-13(21)6-24-16(22)14-7-3-9-12(4-7)25-17(23)15(9)14/h1-2,5,7,9,12,14-15H,3-4,6H2,(H,20,21)/t7-,9+,12+,14-,15-/m1/s1. The average molecular weight is 429 g/mol. The average Bonchev–Trinajstić information content (AvgIpc) is 3.17. The Balaban J connectivity index is 1.34. The van der Waals surface area contributed by atoms with E-state index in [1.807, 2.05) is 0 Å². The minimum atomic E-state index is -0.494. The fourth-order valence-electron chi connectivity index (χ4n) is 4.34. The van der Waals surface area contributed by atoms with Gasteiger partial charge in [-0.3, -0.25) is 14.4 Å². The van der Waals surface area contributed by atoms with Crippen molar-refractivity contribution in [2.24, 2.45) is 23.7 Å². The first-order valence-electron chi connectivity index (χ1n) is 8.06. The van der Waals surface area contributed by atoms with Gasteiger partial charge in [-0.25, -0.2) is 0 Å². The summed E-state index contributed by atoms with van der Waals surface area (Å²) < 4.78 is 11.3. The van der Waals surface area contributed by atoms with E-state index in [0.29, 0.717) is 17.1 Å². The van der Waals surface area contributed by atoms with E-state index in [4.69, 9.17) is 21.1 Å². The van der Waals surface area contributed by atoms with Crippen LogP contribution in [0.5, 0.6) is 0 Å². The molecule has 2 bridgehead atoms. The first-order chi connectivity index (χ1) is 11.9. The van der Waals surface area contributed by atoms with E-state index in [1.165, 1.54) is 0 Å². The van der Waals surface area contributed by atoms with Gasteiger partial charge in [0.2, 0.25) is 0 Å². The molecule has 2 saturated carbocycles. The van der Waals surface area contributed by atoms with Gasteiger partial charge in [0.05, 0.1) is 22.5 Å². The lowest BCUT2D eigenvalue weighted by molar-refractivity contribution is -0.157. The number of hydrogen-bond acceptors (Lipinski definition) is 5. The molecule has 6 nitrogen and oxygen atoms in total. The summed E-state index contributed by atoms with van der Waals surface area (Å²) in [4.78, 5) is 36.3. The number of nitrogens with one attached hydrogen (secondary N) is 1. The van der Waals surface area contributed by atoms with E-state index >= 15 is 0 Å². The molecular formula is C17H15BrClNO5. The molecule has 2 aliphatic carbocycles. The molecule has 3 fully saturated rings. The number of ether oxygens (including phenoxy) is 2. The summed E-state index contributed by atoms with van der Waals surface area (Å²) in [5, 5.41) is 2.98. The van der Waals surface area contributed by atoms with Crippen molar-refractivity contribution in [2.75, 3.05) is 11.9 Å². The molecule has 0 radical (unpaired) electrons. The van der Waals surface area contributed by atoms with Gasteiger partial charge in [0.1, 0.15) is 6.10 Å². The molecule has 3 aliphatic rings. The van der Waals surface area contributed by atoms with Gasteiger partial charge < -0.3 is 14.8 Å². The topological polar surface area (TPSA) is 81.7 Å². The second-order valence-corrected chi connectivity index (χ2v) is 8.03. The Morgan fingerprint density at radius 3 is 2.92 bits per heavy atom. The Morgan fingerprint density at radius 2 is 2.16 bits per heavy atom. The maximum Gasteiger partial charge on any atom is 0.310 e. The predicted octanol–water partition coefficient (Wildman–Crippen LogP) is 2.78. The molecule has 25 heavy (non-hydrogen) atoms. The monoisotopic (exact) mass is 427 g/mol. The summed E-state index contributed by atoms with van der Waals surface area (Å²) in [7, 11) is 0. The fraction of sp³-hybridized carbons (Fsp3) is 0.471. The molecule has 0 spiro atoms. The number of benzene rings is 1. The highest BCUT2D eigenvalue weighted by molar-refractivity contribution is 9.10. The molecule has 5 atom stereocenters. The maximum absolute atomic E-state index is 12.4. The van der Waals surface area contributed by atoms with Crippen LogP contribution in [0.25, 0.3) is 0 Å². The third-order valence-electron chi connectivity index (χ3n) is 5.31. The summed E-state index contributed by atoms with van der Waals surface area (Å²) in [6.45, 7) is -0.412. The highest BCUT2D eigenvalue weighted by Gasteiger charge is 2.64. The zero-order valence-electron chi connectivity index (χ0n) is 13.0. The third-order valence-corrected chi connectivity index (χ3v) is 6.11. The molecular weight excluding hydrogens is 414 g/mol. The lowest BCUT2D eigenvalue weighted by atomic mass is 9.80. The highest BCUT2D eigenvalue weighted by Crippen LogP contribution is 2.57. The van der Waals surface area contributed by atoms with Crippen LogP contribution in [-0.4, -0.2) is 30.6 Å². The second-order valence-electron chi connectivity index (χ2n) is 6.70. The van der Waals surface area contributed by atoms with Gasteiger partial charge in [-0.1, -0.05) is 27.5 Å². The molecule has 0 unspecified atom stereocenters. The van der Waals surface area contributed by atoms with E-state index < -0.39 is 30.3 Å². The molecule has 0 aromatic heterocycles. The molecule has 8 heteroatoms. The predicted molar refractivity (Wildman–Crippen MR) is 91.8 cm³/mol. The van der Waals surface area contributed by atoms with Crippen LogP contribution in [0.4, 0.5) is 5.69 Å². The minimum Gasteiger partial charge on any atom is -0.462 e. The number of carbonyl (C=O) groups excluding carboxylic acids is 3. The SMILES string of the molecule is O=C(COC(=O)[C@@H]1[C@@H]2C[C@@H]3[C@H]1C(=O)O[C@H]3C2)Nc1ccc(Br)cc1Cl. The zero-order chi connectivity index (χ0) is 17.7. The molecule has 1 amide bonds.